The minimum atomic E-state index is -0.325. The van der Waals surface area contributed by atoms with Gasteiger partial charge in [-0.05, 0) is 48.9 Å². The lowest BCUT2D eigenvalue weighted by Crippen LogP contribution is -2.35. The van der Waals surface area contributed by atoms with Crippen LogP contribution >= 0.6 is 0 Å². The molecule has 1 atom stereocenters. The zero-order chi connectivity index (χ0) is 20.8. The summed E-state index contributed by atoms with van der Waals surface area (Å²) in [4.78, 5) is 19.3. The first-order valence-electron chi connectivity index (χ1n) is 9.14. The summed E-state index contributed by atoms with van der Waals surface area (Å²) in [5, 5.41) is 0. The van der Waals surface area contributed by atoms with Gasteiger partial charge in [-0.2, -0.15) is 0 Å². The van der Waals surface area contributed by atoms with E-state index in [0.29, 0.717) is 28.8 Å². The van der Waals surface area contributed by atoms with Gasteiger partial charge >= 0.3 is 0 Å². The van der Waals surface area contributed by atoms with Gasteiger partial charge in [0.15, 0.2) is 11.5 Å². The van der Waals surface area contributed by atoms with Gasteiger partial charge in [-0.1, -0.05) is 6.07 Å². The predicted molar refractivity (Wildman–Crippen MR) is 109 cm³/mol. The van der Waals surface area contributed by atoms with Crippen molar-refractivity contribution in [3.05, 3.63) is 66.2 Å². The van der Waals surface area contributed by atoms with Crippen molar-refractivity contribution < 1.29 is 23.4 Å². The molecule has 0 aliphatic carbocycles. The molecule has 3 aromatic rings. The third kappa shape index (κ3) is 4.34. The van der Waals surface area contributed by atoms with E-state index in [-0.39, 0.29) is 18.4 Å². The summed E-state index contributed by atoms with van der Waals surface area (Å²) in [5.74, 6) is 2.57. The largest absolute Gasteiger partial charge is 0.493 e. The molecule has 7 nitrogen and oxygen atoms in total. The van der Waals surface area contributed by atoms with Gasteiger partial charge in [0, 0.05) is 6.20 Å². The maximum Gasteiger partial charge on any atom is 0.233 e. The van der Waals surface area contributed by atoms with Crippen molar-refractivity contribution in [2.45, 2.75) is 19.4 Å². The third-order valence-corrected chi connectivity index (χ3v) is 4.59. The van der Waals surface area contributed by atoms with Crippen molar-refractivity contribution in [2.24, 2.45) is 0 Å². The monoisotopic (exact) mass is 396 g/mol. The van der Waals surface area contributed by atoms with Crippen LogP contribution in [0, 0.1) is 0 Å². The summed E-state index contributed by atoms with van der Waals surface area (Å²) >= 11 is 0. The third-order valence-electron chi connectivity index (χ3n) is 4.59. The van der Waals surface area contributed by atoms with Crippen LogP contribution < -0.4 is 19.1 Å². The molecule has 1 aromatic carbocycles. The number of methoxy groups -OCH3 is 3. The zero-order valence-electron chi connectivity index (χ0n) is 16.9. The average Bonchev–Trinajstić information content (AvgIpc) is 3.28. The van der Waals surface area contributed by atoms with E-state index in [1.54, 1.807) is 63.0 Å². The first kappa shape index (κ1) is 20.3. The van der Waals surface area contributed by atoms with Crippen LogP contribution in [0.3, 0.4) is 0 Å². The van der Waals surface area contributed by atoms with Crippen LogP contribution in [-0.4, -0.2) is 32.2 Å². The molecule has 0 N–H and O–H groups in total. The van der Waals surface area contributed by atoms with Crippen LogP contribution in [0.2, 0.25) is 0 Å². The van der Waals surface area contributed by atoms with Crippen molar-refractivity contribution >= 4 is 11.7 Å². The zero-order valence-corrected chi connectivity index (χ0v) is 16.9. The Kier molecular flexibility index (Phi) is 6.39. The minimum absolute atomic E-state index is 0.123. The molecule has 0 saturated carbocycles. The van der Waals surface area contributed by atoms with Gasteiger partial charge in [-0.15, -0.1) is 0 Å². The van der Waals surface area contributed by atoms with Crippen molar-refractivity contribution in [1.82, 2.24) is 4.98 Å². The second-order valence-corrected chi connectivity index (χ2v) is 6.35. The summed E-state index contributed by atoms with van der Waals surface area (Å²) < 4.78 is 21.7. The molecule has 0 radical (unpaired) electrons. The van der Waals surface area contributed by atoms with Gasteiger partial charge < -0.3 is 18.6 Å². The van der Waals surface area contributed by atoms with E-state index < -0.39 is 0 Å². The Labute approximate surface area is 169 Å². The number of carbonyl (C=O) groups excluding carboxylic acids is 1. The van der Waals surface area contributed by atoms with E-state index in [4.69, 9.17) is 18.6 Å². The number of nitrogens with zero attached hydrogens (tertiary/aromatic N) is 2. The fourth-order valence-corrected chi connectivity index (χ4v) is 3.19. The number of furan rings is 1. The number of pyridine rings is 1. The number of ether oxygens (including phenoxy) is 3. The Morgan fingerprint density at radius 1 is 1.07 bits per heavy atom. The van der Waals surface area contributed by atoms with Crippen LogP contribution in [-0.2, 0) is 11.2 Å². The standard InChI is InChI=1S/C22H24N2O5/c1-15(17-8-7-11-29-17)24(20-9-5-6-10-23-20)21(25)14-16-12-18(26-2)22(28-4)19(13-16)27-3/h5-13,15H,14H2,1-4H3/t15-/m0/s1. The van der Waals surface area contributed by atoms with Gasteiger partial charge in [0.25, 0.3) is 0 Å². The molecule has 1 amide bonds. The lowest BCUT2D eigenvalue weighted by Gasteiger charge is -2.27. The number of rotatable bonds is 8. The maximum atomic E-state index is 13.3. The lowest BCUT2D eigenvalue weighted by atomic mass is 10.1. The van der Waals surface area contributed by atoms with Crippen molar-refractivity contribution in [3.8, 4) is 17.2 Å². The van der Waals surface area contributed by atoms with Crippen molar-refractivity contribution in [2.75, 3.05) is 26.2 Å². The predicted octanol–water partition coefficient (Wildman–Crippen LogP) is 4.04. The summed E-state index contributed by atoms with van der Waals surface area (Å²) in [6.45, 7) is 1.90. The maximum absolute atomic E-state index is 13.3. The molecule has 0 aliphatic heterocycles. The molecular formula is C22H24N2O5. The molecule has 0 spiro atoms. The quantitative estimate of drug-likeness (QED) is 0.572. The number of aromatic nitrogens is 1. The number of carbonyl (C=O) groups is 1. The van der Waals surface area contributed by atoms with Crippen LogP contribution in [0.15, 0.2) is 59.3 Å². The van der Waals surface area contributed by atoms with E-state index >= 15 is 0 Å². The highest BCUT2D eigenvalue weighted by Gasteiger charge is 2.27. The Morgan fingerprint density at radius 2 is 1.79 bits per heavy atom. The average molecular weight is 396 g/mol. The smallest absolute Gasteiger partial charge is 0.233 e. The van der Waals surface area contributed by atoms with E-state index in [9.17, 15) is 4.79 Å². The molecule has 0 unspecified atom stereocenters. The van der Waals surface area contributed by atoms with Gasteiger partial charge in [0.2, 0.25) is 11.7 Å². The minimum Gasteiger partial charge on any atom is -0.493 e. The number of benzene rings is 1. The second kappa shape index (κ2) is 9.14. The summed E-state index contributed by atoms with van der Waals surface area (Å²) in [5.41, 5.74) is 0.733. The Morgan fingerprint density at radius 3 is 2.31 bits per heavy atom. The molecule has 0 saturated heterocycles. The molecule has 2 heterocycles. The first-order chi connectivity index (χ1) is 14.1. The number of amides is 1. The number of hydrogen-bond donors (Lipinski definition) is 0. The molecule has 29 heavy (non-hydrogen) atoms. The van der Waals surface area contributed by atoms with Crippen LogP contribution in [0.5, 0.6) is 17.2 Å². The second-order valence-electron chi connectivity index (χ2n) is 6.35. The van der Waals surface area contributed by atoms with Crippen LogP contribution in [0.25, 0.3) is 0 Å². The lowest BCUT2D eigenvalue weighted by molar-refractivity contribution is -0.118. The van der Waals surface area contributed by atoms with E-state index in [1.807, 2.05) is 25.1 Å². The number of hydrogen-bond acceptors (Lipinski definition) is 6. The molecular weight excluding hydrogens is 372 g/mol. The molecule has 0 fully saturated rings. The van der Waals surface area contributed by atoms with E-state index in [2.05, 4.69) is 4.98 Å². The summed E-state index contributed by atoms with van der Waals surface area (Å²) in [7, 11) is 4.63. The summed E-state index contributed by atoms with van der Waals surface area (Å²) in [6.07, 6.45) is 3.37. The molecule has 2 aromatic heterocycles. The Balaban J connectivity index is 1.95. The fourth-order valence-electron chi connectivity index (χ4n) is 3.19. The molecule has 0 bridgehead atoms. The van der Waals surface area contributed by atoms with Gasteiger partial charge in [0.05, 0.1) is 40.1 Å². The van der Waals surface area contributed by atoms with Crippen molar-refractivity contribution in [3.63, 3.8) is 0 Å². The molecule has 7 heteroatoms. The van der Waals surface area contributed by atoms with Gasteiger partial charge in [-0.25, -0.2) is 4.98 Å². The number of anilines is 1. The molecule has 0 aliphatic rings. The van der Waals surface area contributed by atoms with E-state index in [0.717, 1.165) is 5.56 Å². The van der Waals surface area contributed by atoms with Crippen LogP contribution in [0.4, 0.5) is 5.82 Å². The normalized spacial score (nSPS) is 11.6. The SMILES string of the molecule is COc1cc(CC(=O)N(c2ccccn2)[C@@H](C)c2ccco2)cc(OC)c1OC. The van der Waals surface area contributed by atoms with E-state index in [1.165, 1.54) is 0 Å². The topological polar surface area (TPSA) is 74.0 Å². The summed E-state index contributed by atoms with van der Waals surface area (Å²) in [6, 6.07) is 12.3. The fraction of sp³-hybridized carbons (Fsp3) is 0.273. The van der Waals surface area contributed by atoms with Gasteiger partial charge in [-0.3, -0.25) is 9.69 Å². The highest BCUT2D eigenvalue weighted by molar-refractivity contribution is 5.94. The molecule has 3 rings (SSSR count). The van der Waals surface area contributed by atoms with Gasteiger partial charge in [0.1, 0.15) is 11.6 Å². The Hall–Kier alpha value is -3.48. The first-order valence-corrected chi connectivity index (χ1v) is 9.14. The molecule has 152 valence electrons. The Bertz CT molecular complexity index is 916. The van der Waals surface area contributed by atoms with Crippen molar-refractivity contribution in [1.29, 1.82) is 0 Å². The highest BCUT2D eigenvalue weighted by atomic mass is 16.5. The highest BCUT2D eigenvalue weighted by Crippen LogP contribution is 2.38. The van der Waals surface area contributed by atoms with Crippen LogP contribution in [0.1, 0.15) is 24.3 Å².